The fourth-order valence-electron chi connectivity index (χ4n) is 1.91. The molecule has 0 saturated carbocycles. The highest BCUT2D eigenvalue weighted by Crippen LogP contribution is 2.19. The van der Waals surface area contributed by atoms with Crippen LogP contribution in [0, 0.1) is 6.92 Å². The number of pyridine rings is 1. The van der Waals surface area contributed by atoms with E-state index in [1.807, 2.05) is 26.0 Å². The van der Waals surface area contributed by atoms with Gasteiger partial charge in [0.1, 0.15) is 11.5 Å². The van der Waals surface area contributed by atoms with Crippen LogP contribution in [0.2, 0.25) is 0 Å². The van der Waals surface area contributed by atoms with Gasteiger partial charge in [0.2, 0.25) is 0 Å². The van der Waals surface area contributed by atoms with E-state index in [9.17, 15) is 4.79 Å². The van der Waals surface area contributed by atoms with E-state index >= 15 is 0 Å². The number of nitrogens with one attached hydrogen (secondary N) is 1. The monoisotopic (exact) mass is 259 g/mol. The van der Waals surface area contributed by atoms with Crippen LogP contribution in [0.15, 0.2) is 18.3 Å². The Bertz CT molecular complexity index is 617. The van der Waals surface area contributed by atoms with Crippen molar-refractivity contribution < 1.29 is 4.79 Å². The lowest BCUT2D eigenvalue weighted by Crippen LogP contribution is -2.18. The van der Waals surface area contributed by atoms with Crippen LogP contribution < -0.4 is 11.1 Å². The van der Waals surface area contributed by atoms with Crippen molar-refractivity contribution in [1.82, 2.24) is 14.8 Å². The van der Waals surface area contributed by atoms with Crippen molar-refractivity contribution >= 4 is 17.4 Å². The first-order valence-corrected chi connectivity index (χ1v) is 6.09. The third kappa shape index (κ3) is 2.42. The maximum Gasteiger partial charge on any atom is 0.277 e. The van der Waals surface area contributed by atoms with Gasteiger partial charge in [-0.15, -0.1) is 0 Å². The van der Waals surface area contributed by atoms with Crippen LogP contribution in [0.1, 0.15) is 28.7 Å². The number of nitrogen functional groups attached to an aromatic ring is 1. The van der Waals surface area contributed by atoms with Crippen LogP contribution in [0.3, 0.4) is 0 Å². The van der Waals surface area contributed by atoms with Crippen molar-refractivity contribution in [2.75, 3.05) is 11.1 Å². The summed E-state index contributed by atoms with van der Waals surface area (Å²) in [5.74, 6) is 0.236. The molecular weight excluding hydrogens is 242 g/mol. The SMILES string of the molecule is CCc1nn(C)c(C(=O)Nc2ncccc2C)c1N. The lowest BCUT2D eigenvalue weighted by atomic mass is 10.2. The first-order valence-electron chi connectivity index (χ1n) is 6.09. The Labute approximate surface area is 111 Å². The molecule has 6 nitrogen and oxygen atoms in total. The summed E-state index contributed by atoms with van der Waals surface area (Å²) in [6.45, 7) is 3.83. The van der Waals surface area contributed by atoms with Crippen LogP contribution in [-0.4, -0.2) is 20.7 Å². The Balaban J connectivity index is 2.31. The highest BCUT2D eigenvalue weighted by atomic mass is 16.2. The molecule has 0 atom stereocenters. The number of carbonyl (C=O) groups excluding carboxylic acids is 1. The molecule has 1 amide bonds. The molecule has 0 aliphatic heterocycles. The molecule has 0 unspecified atom stereocenters. The molecule has 6 heteroatoms. The van der Waals surface area contributed by atoms with Gasteiger partial charge in [0.15, 0.2) is 0 Å². The minimum Gasteiger partial charge on any atom is -0.395 e. The van der Waals surface area contributed by atoms with Crippen molar-refractivity contribution in [3.05, 3.63) is 35.3 Å². The lowest BCUT2D eigenvalue weighted by Gasteiger charge is -2.07. The average molecular weight is 259 g/mol. The van der Waals surface area contributed by atoms with Crippen LogP contribution >= 0.6 is 0 Å². The van der Waals surface area contributed by atoms with Crippen LogP contribution in [0.5, 0.6) is 0 Å². The van der Waals surface area contributed by atoms with E-state index in [1.54, 1.807) is 13.2 Å². The average Bonchev–Trinajstić information content (AvgIpc) is 2.67. The van der Waals surface area contributed by atoms with Gasteiger partial charge in [-0.05, 0) is 25.0 Å². The van der Waals surface area contributed by atoms with Crippen molar-refractivity contribution in [1.29, 1.82) is 0 Å². The summed E-state index contributed by atoms with van der Waals surface area (Å²) in [5, 5.41) is 6.98. The molecule has 2 heterocycles. The molecule has 0 bridgehead atoms. The summed E-state index contributed by atoms with van der Waals surface area (Å²) in [6, 6.07) is 3.70. The number of carbonyl (C=O) groups is 1. The summed E-state index contributed by atoms with van der Waals surface area (Å²) in [7, 11) is 1.70. The van der Waals surface area contributed by atoms with Gasteiger partial charge in [0, 0.05) is 13.2 Å². The van der Waals surface area contributed by atoms with Gasteiger partial charge in [-0.2, -0.15) is 5.10 Å². The molecule has 0 aliphatic rings. The number of nitrogens with two attached hydrogens (primary N) is 1. The molecule has 0 saturated heterocycles. The summed E-state index contributed by atoms with van der Waals surface area (Å²) in [6.07, 6.45) is 2.32. The summed E-state index contributed by atoms with van der Waals surface area (Å²) in [5.41, 5.74) is 8.36. The number of rotatable bonds is 3. The lowest BCUT2D eigenvalue weighted by molar-refractivity contribution is 0.101. The molecule has 0 radical (unpaired) electrons. The molecular formula is C13H17N5O. The Morgan fingerprint density at radius 3 is 2.84 bits per heavy atom. The van der Waals surface area contributed by atoms with Gasteiger partial charge in [-0.25, -0.2) is 4.98 Å². The van der Waals surface area contributed by atoms with E-state index in [-0.39, 0.29) is 5.91 Å². The summed E-state index contributed by atoms with van der Waals surface area (Å²) in [4.78, 5) is 16.4. The van der Waals surface area contributed by atoms with Gasteiger partial charge in [-0.3, -0.25) is 9.48 Å². The number of amides is 1. The maximum absolute atomic E-state index is 12.2. The quantitative estimate of drug-likeness (QED) is 0.875. The molecule has 2 rings (SSSR count). The first-order chi connectivity index (χ1) is 9.04. The standard InChI is InChI=1S/C13H17N5O/c1-4-9-10(14)11(18(3)17-9)13(19)16-12-8(2)6-5-7-15-12/h5-7H,4,14H2,1-3H3,(H,15,16,19). The highest BCUT2D eigenvalue weighted by Gasteiger charge is 2.19. The maximum atomic E-state index is 12.2. The van der Waals surface area contributed by atoms with Crippen molar-refractivity contribution in [2.45, 2.75) is 20.3 Å². The van der Waals surface area contributed by atoms with E-state index in [0.717, 1.165) is 11.3 Å². The number of hydrogen-bond donors (Lipinski definition) is 2. The Kier molecular flexibility index (Phi) is 3.50. The topological polar surface area (TPSA) is 85.8 Å². The normalized spacial score (nSPS) is 10.5. The van der Waals surface area contributed by atoms with E-state index in [0.29, 0.717) is 23.6 Å². The third-order valence-electron chi connectivity index (χ3n) is 2.95. The van der Waals surface area contributed by atoms with Crippen molar-refractivity contribution in [2.24, 2.45) is 7.05 Å². The Morgan fingerprint density at radius 1 is 1.53 bits per heavy atom. The summed E-state index contributed by atoms with van der Waals surface area (Å²) < 4.78 is 1.50. The molecule has 100 valence electrons. The fraction of sp³-hybridized carbons (Fsp3) is 0.308. The molecule has 2 aromatic rings. The zero-order valence-electron chi connectivity index (χ0n) is 11.3. The van der Waals surface area contributed by atoms with Gasteiger partial charge in [-0.1, -0.05) is 13.0 Å². The zero-order chi connectivity index (χ0) is 14.0. The van der Waals surface area contributed by atoms with Crippen molar-refractivity contribution in [3.63, 3.8) is 0 Å². The van der Waals surface area contributed by atoms with Crippen LogP contribution in [-0.2, 0) is 13.5 Å². The van der Waals surface area contributed by atoms with Gasteiger partial charge in [0.25, 0.3) is 5.91 Å². The predicted octanol–water partition coefficient (Wildman–Crippen LogP) is 1.52. The molecule has 19 heavy (non-hydrogen) atoms. The minimum absolute atomic E-state index is 0.297. The molecule has 0 aliphatic carbocycles. The fourth-order valence-corrected chi connectivity index (χ4v) is 1.91. The van der Waals surface area contributed by atoms with E-state index in [2.05, 4.69) is 15.4 Å². The first kappa shape index (κ1) is 13.1. The number of aromatic nitrogens is 3. The second-order valence-corrected chi connectivity index (χ2v) is 4.31. The van der Waals surface area contributed by atoms with E-state index < -0.39 is 0 Å². The van der Waals surface area contributed by atoms with Crippen LogP contribution in [0.25, 0.3) is 0 Å². The van der Waals surface area contributed by atoms with E-state index in [4.69, 9.17) is 5.73 Å². The smallest absolute Gasteiger partial charge is 0.277 e. The van der Waals surface area contributed by atoms with Gasteiger partial charge in [0.05, 0.1) is 11.4 Å². The number of aryl methyl sites for hydroxylation is 3. The zero-order valence-corrected chi connectivity index (χ0v) is 11.3. The second kappa shape index (κ2) is 5.09. The molecule has 0 fully saturated rings. The number of anilines is 2. The molecule has 0 spiro atoms. The van der Waals surface area contributed by atoms with Gasteiger partial charge < -0.3 is 11.1 Å². The van der Waals surface area contributed by atoms with Crippen LogP contribution in [0.4, 0.5) is 11.5 Å². The predicted molar refractivity (Wildman–Crippen MR) is 73.9 cm³/mol. The Hall–Kier alpha value is -2.37. The minimum atomic E-state index is -0.297. The van der Waals surface area contributed by atoms with Gasteiger partial charge >= 0.3 is 0 Å². The molecule has 3 N–H and O–H groups in total. The second-order valence-electron chi connectivity index (χ2n) is 4.31. The molecule has 2 aromatic heterocycles. The molecule has 0 aromatic carbocycles. The number of hydrogen-bond acceptors (Lipinski definition) is 4. The summed E-state index contributed by atoms with van der Waals surface area (Å²) >= 11 is 0. The largest absolute Gasteiger partial charge is 0.395 e. The van der Waals surface area contributed by atoms with E-state index in [1.165, 1.54) is 4.68 Å². The number of nitrogens with zero attached hydrogens (tertiary/aromatic N) is 3. The van der Waals surface area contributed by atoms with Crippen molar-refractivity contribution in [3.8, 4) is 0 Å². The third-order valence-corrected chi connectivity index (χ3v) is 2.95. The Morgan fingerprint density at radius 2 is 2.26 bits per heavy atom. The highest BCUT2D eigenvalue weighted by molar-refractivity contribution is 6.06.